The van der Waals surface area contributed by atoms with E-state index in [9.17, 15) is 8.42 Å². The molecule has 25 heavy (non-hydrogen) atoms. The molecule has 0 amide bonds. The summed E-state index contributed by atoms with van der Waals surface area (Å²) in [7, 11) is -1.07. The number of nitrogens with one attached hydrogen (secondary N) is 1. The summed E-state index contributed by atoms with van der Waals surface area (Å²) >= 11 is 6.17. The number of sulfone groups is 1. The van der Waals surface area contributed by atoms with Crippen LogP contribution in [0.2, 0.25) is 5.02 Å². The van der Waals surface area contributed by atoms with Crippen LogP contribution in [0.1, 0.15) is 17.8 Å². The van der Waals surface area contributed by atoms with Gasteiger partial charge in [-0.25, -0.2) is 18.4 Å². The predicted octanol–water partition coefficient (Wildman–Crippen LogP) is 3.11. The van der Waals surface area contributed by atoms with Gasteiger partial charge in [-0.3, -0.25) is 0 Å². The lowest BCUT2D eigenvalue weighted by Crippen LogP contribution is -2.33. The molecule has 2 aromatic rings. The zero-order valence-electron chi connectivity index (χ0n) is 14.5. The zero-order chi connectivity index (χ0) is 18.2. The SMILES string of the molecule is Cc1nc(Nc2ccc(C)c(Cl)c2)cc(N(C)C2CCS(=O)(=O)C2)n1. The van der Waals surface area contributed by atoms with E-state index < -0.39 is 9.84 Å². The second-order valence-electron chi connectivity index (χ2n) is 6.42. The van der Waals surface area contributed by atoms with Crippen molar-refractivity contribution in [3.05, 3.63) is 40.7 Å². The van der Waals surface area contributed by atoms with Gasteiger partial charge in [-0.1, -0.05) is 17.7 Å². The summed E-state index contributed by atoms with van der Waals surface area (Å²) in [5.74, 6) is 2.37. The molecule has 6 nitrogen and oxygen atoms in total. The van der Waals surface area contributed by atoms with Crippen molar-refractivity contribution in [2.75, 3.05) is 28.8 Å². The highest BCUT2D eigenvalue weighted by Crippen LogP contribution is 2.26. The first-order valence-electron chi connectivity index (χ1n) is 8.05. The maximum Gasteiger partial charge on any atom is 0.152 e. The van der Waals surface area contributed by atoms with E-state index in [2.05, 4.69) is 15.3 Å². The highest BCUT2D eigenvalue weighted by molar-refractivity contribution is 7.91. The fraction of sp³-hybridized carbons (Fsp3) is 0.412. The monoisotopic (exact) mass is 380 g/mol. The summed E-state index contributed by atoms with van der Waals surface area (Å²) in [6.45, 7) is 3.76. The molecule has 8 heteroatoms. The number of hydrogen-bond donors (Lipinski definition) is 1. The molecule has 1 N–H and O–H groups in total. The van der Waals surface area contributed by atoms with E-state index in [4.69, 9.17) is 11.6 Å². The molecule has 0 aliphatic carbocycles. The van der Waals surface area contributed by atoms with Gasteiger partial charge < -0.3 is 10.2 Å². The average Bonchev–Trinajstić information content (AvgIpc) is 2.90. The lowest BCUT2D eigenvalue weighted by atomic mass is 10.2. The Labute approximate surface area is 153 Å². The van der Waals surface area contributed by atoms with E-state index in [-0.39, 0.29) is 17.5 Å². The summed E-state index contributed by atoms with van der Waals surface area (Å²) < 4.78 is 23.5. The van der Waals surface area contributed by atoms with E-state index in [0.29, 0.717) is 28.9 Å². The third kappa shape index (κ3) is 4.22. The Morgan fingerprint density at radius 3 is 2.64 bits per heavy atom. The summed E-state index contributed by atoms with van der Waals surface area (Å²) in [6, 6.07) is 7.49. The molecule has 0 bridgehead atoms. The molecule has 0 saturated carbocycles. The van der Waals surface area contributed by atoms with Crippen molar-refractivity contribution < 1.29 is 8.42 Å². The van der Waals surface area contributed by atoms with Crippen LogP contribution in [0.3, 0.4) is 0 Å². The zero-order valence-corrected chi connectivity index (χ0v) is 16.0. The Morgan fingerprint density at radius 1 is 1.24 bits per heavy atom. The highest BCUT2D eigenvalue weighted by Gasteiger charge is 2.31. The number of anilines is 3. The molecule has 1 aromatic heterocycles. The predicted molar refractivity (Wildman–Crippen MR) is 102 cm³/mol. The summed E-state index contributed by atoms with van der Waals surface area (Å²) in [5, 5.41) is 3.92. The van der Waals surface area contributed by atoms with Gasteiger partial charge >= 0.3 is 0 Å². The van der Waals surface area contributed by atoms with Crippen molar-refractivity contribution in [1.82, 2.24) is 9.97 Å². The van der Waals surface area contributed by atoms with E-state index in [0.717, 1.165) is 11.3 Å². The molecule has 1 aromatic carbocycles. The molecule has 0 radical (unpaired) electrons. The van der Waals surface area contributed by atoms with E-state index in [1.807, 2.05) is 50.1 Å². The Hall–Kier alpha value is -1.86. The number of hydrogen-bond acceptors (Lipinski definition) is 6. The Balaban J connectivity index is 1.84. The van der Waals surface area contributed by atoms with E-state index in [1.54, 1.807) is 0 Å². The molecular formula is C17H21ClN4O2S. The maximum absolute atomic E-state index is 11.7. The number of halogens is 1. The van der Waals surface area contributed by atoms with Gasteiger partial charge in [-0.05, 0) is 38.0 Å². The molecule has 1 fully saturated rings. The van der Waals surface area contributed by atoms with Gasteiger partial charge in [0.1, 0.15) is 17.5 Å². The number of rotatable bonds is 4. The van der Waals surface area contributed by atoms with Crippen molar-refractivity contribution >= 4 is 38.8 Å². The molecular weight excluding hydrogens is 360 g/mol. The normalized spacial score (nSPS) is 19.0. The maximum atomic E-state index is 11.7. The van der Waals surface area contributed by atoms with Crippen LogP contribution in [0.25, 0.3) is 0 Å². The number of benzene rings is 1. The lowest BCUT2D eigenvalue weighted by molar-refractivity contribution is 0.600. The van der Waals surface area contributed by atoms with Gasteiger partial charge in [0, 0.05) is 29.9 Å². The minimum Gasteiger partial charge on any atom is -0.355 e. The van der Waals surface area contributed by atoms with Crippen molar-refractivity contribution in [2.24, 2.45) is 0 Å². The molecule has 1 unspecified atom stereocenters. The molecule has 134 valence electrons. The number of nitrogens with zero attached hydrogens (tertiary/aromatic N) is 3. The molecule has 1 atom stereocenters. The Morgan fingerprint density at radius 2 is 2.00 bits per heavy atom. The topological polar surface area (TPSA) is 75.2 Å². The molecule has 1 aliphatic rings. The number of aromatic nitrogens is 2. The summed E-state index contributed by atoms with van der Waals surface area (Å²) in [5.41, 5.74) is 1.85. The highest BCUT2D eigenvalue weighted by atomic mass is 35.5. The Kier molecular flexibility index (Phi) is 4.88. The molecule has 3 rings (SSSR count). The van der Waals surface area contributed by atoms with E-state index >= 15 is 0 Å². The minimum absolute atomic E-state index is 0.0547. The van der Waals surface area contributed by atoms with Crippen LogP contribution < -0.4 is 10.2 Å². The standard InChI is InChI=1S/C17H21ClN4O2S/c1-11-4-5-13(8-15(11)18)21-16-9-17(20-12(2)19-16)22(3)14-6-7-25(23,24)10-14/h4-5,8-9,14H,6-7,10H2,1-3H3,(H,19,20,21). The molecule has 1 aliphatic heterocycles. The molecule has 2 heterocycles. The fourth-order valence-electron chi connectivity index (χ4n) is 2.88. The largest absolute Gasteiger partial charge is 0.355 e. The quantitative estimate of drug-likeness (QED) is 0.878. The lowest BCUT2D eigenvalue weighted by Gasteiger charge is -2.25. The van der Waals surface area contributed by atoms with E-state index in [1.165, 1.54) is 0 Å². The van der Waals surface area contributed by atoms with Crippen LogP contribution in [0.15, 0.2) is 24.3 Å². The second kappa shape index (κ2) is 6.80. The van der Waals surface area contributed by atoms with Crippen molar-refractivity contribution in [1.29, 1.82) is 0 Å². The van der Waals surface area contributed by atoms with Gasteiger partial charge in [-0.15, -0.1) is 0 Å². The van der Waals surface area contributed by atoms with Crippen LogP contribution in [0.5, 0.6) is 0 Å². The third-order valence-corrected chi connectivity index (χ3v) is 6.54. The van der Waals surface area contributed by atoms with Gasteiger partial charge in [0.25, 0.3) is 0 Å². The van der Waals surface area contributed by atoms with Crippen LogP contribution >= 0.6 is 11.6 Å². The Bertz CT molecular complexity index is 902. The van der Waals surface area contributed by atoms with Crippen molar-refractivity contribution in [3.63, 3.8) is 0 Å². The second-order valence-corrected chi connectivity index (χ2v) is 9.05. The average molecular weight is 381 g/mol. The van der Waals surface area contributed by atoms with Gasteiger partial charge in [0.2, 0.25) is 0 Å². The van der Waals surface area contributed by atoms with Crippen LogP contribution in [0.4, 0.5) is 17.3 Å². The fourth-order valence-corrected chi connectivity index (χ4v) is 4.84. The minimum atomic E-state index is -2.94. The first-order valence-corrected chi connectivity index (χ1v) is 10.3. The van der Waals surface area contributed by atoms with Gasteiger partial charge in [-0.2, -0.15) is 0 Å². The van der Waals surface area contributed by atoms with Gasteiger partial charge in [0.05, 0.1) is 11.5 Å². The first kappa shape index (κ1) is 17.9. The molecule has 0 spiro atoms. The third-order valence-electron chi connectivity index (χ3n) is 4.39. The van der Waals surface area contributed by atoms with Crippen LogP contribution in [0, 0.1) is 13.8 Å². The van der Waals surface area contributed by atoms with Crippen molar-refractivity contribution in [2.45, 2.75) is 26.3 Å². The first-order chi connectivity index (χ1) is 11.7. The van der Waals surface area contributed by atoms with Crippen LogP contribution in [-0.2, 0) is 9.84 Å². The van der Waals surface area contributed by atoms with Crippen molar-refractivity contribution in [3.8, 4) is 0 Å². The number of aryl methyl sites for hydroxylation is 2. The van der Waals surface area contributed by atoms with Crippen LogP contribution in [-0.4, -0.2) is 43.0 Å². The smallest absolute Gasteiger partial charge is 0.152 e. The van der Waals surface area contributed by atoms with Gasteiger partial charge in [0.15, 0.2) is 9.84 Å². The summed E-state index contributed by atoms with van der Waals surface area (Å²) in [4.78, 5) is 10.8. The molecule has 1 saturated heterocycles. The summed E-state index contributed by atoms with van der Waals surface area (Å²) in [6.07, 6.45) is 0.623.